The summed E-state index contributed by atoms with van der Waals surface area (Å²) in [7, 11) is 2.14. The van der Waals surface area contributed by atoms with E-state index >= 15 is 0 Å². The van der Waals surface area contributed by atoms with Gasteiger partial charge in [-0.2, -0.15) is 0 Å². The largest absolute Gasteiger partial charge is 0.372 e. The van der Waals surface area contributed by atoms with Crippen molar-refractivity contribution in [3.8, 4) is 0 Å². The highest BCUT2D eigenvalue weighted by Gasteiger charge is 2.10. The molecule has 0 spiro atoms. The summed E-state index contributed by atoms with van der Waals surface area (Å²) in [4.78, 5) is 2.31. The number of anilines is 1. The topological polar surface area (TPSA) is 29.3 Å². The summed E-state index contributed by atoms with van der Waals surface area (Å²) in [5.41, 5.74) is 9.54. The zero-order valence-corrected chi connectivity index (χ0v) is 10.2. The number of benzene rings is 1. The SMILES string of the molecule is Cc1ccc(N(C)C(C)CCN)c(C)c1. The Kier molecular flexibility index (Phi) is 4.15. The van der Waals surface area contributed by atoms with Crippen molar-refractivity contribution in [2.24, 2.45) is 5.73 Å². The molecule has 2 N–H and O–H groups in total. The molecule has 0 amide bonds. The van der Waals surface area contributed by atoms with Gasteiger partial charge in [-0.1, -0.05) is 17.7 Å². The molecule has 15 heavy (non-hydrogen) atoms. The molecule has 0 aromatic heterocycles. The maximum Gasteiger partial charge on any atom is 0.0395 e. The van der Waals surface area contributed by atoms with E-state index in [0.717, 1.165) is 13.0 Å². The molecule has 1 rings (SSSR count). The van der Waals surface area contributed by atoms with Crippen LogP contribution in [0.4, 0.5) is 5.69 Å². The van der Waals surface area contributed by atoms with Crippen molar-refractivity contribution in [1.82, 2.24) is 0 Å². The Hall–Kier alpha value is -1.02. The molecule has 1 atom stereocenters. The molecule has 0 radical (unpaired) electrons. The lowest BCUT2D eigenvalue weighted by atomic mass is 10.1. The Bertz CT molecular complexity index is 320. The van der Waals surface area contributed by atoms with Crippen LogP contribution in [0.15, 0.2) is 18.2 Å². The number of aryl methyl sites for hydroxylation is 2. The van der Waals surface area contributed by atoms with E-state index in [1.807, 2.05) is 0 Å². The third kappa shape index (κ3) is 2.96. The Morgan fingerprint density at radius 3 is 2.53 bits per heavy atom. The lowest BCUT2D eigenvalue weighted by Crippen LogP contribution is -2.31. The minimum Gasteiger partial charge on any atom is -0.372 e. The molecule has 1 unspecified atom stereocenters. The summed E-state index contributed by atoms with van der Waals surface area (Å²) < 4.78 is 0. The predicted molar refractivity (Wildman–Crippen MR) is 67.5 cm³/mol. The molecule has 84 valence electrons. The van der Waals surface area contributed by atoms with Crippen LogP contribution in [0.1, 0.15) is 24.5 Å². The summed E-state index contributed by atoms with van der Waals surface area (Å²) >= 11 is 0. The van der Waals surface area contributed by atoms with E-state index in [4.69, 9.17) is 5.73 Å². The van der Waals surface area contributed by atoms with E-state index in [-0.39, 0.29) is 0 Å². The summed E-state index contributed by atoms with van der Waals surface area (Å²) in [6.07, 6.45) is 1.03. The molecule has 0 aliphatic rings. The van der Waals surface area contributed by atoms with Gasteiger partial charge in [0.05, 0.1) is 0 Å². The van der Waals surface area contributed by atoms with Gasteiger partial charge in [-0.15, -0.1) is 0 Å². The summed E-state index contributed by atoms with van der Waals surface area (Å²) in [5, 5.41) is 0. The minimum absolute atomic E-state index is 0.497. The van der Waals surface area contributed by atoms with Crippen molar-refractivity contribution in [2.75, 3.05) is 18.5 Å². The monoisotopic (exact) mass is 206 g/mol. The molecule has 0 bridgehead atoms. The minimum atomic E-state index is 0.497. The Balaban J connectivity index is 2.86. The number of rotatable bonds is 4. The fourth-order valence-electron chi connectivity index (χ4n) is 1.87. The van der Waals surface area contributed by atoms with Crippen LogP contribution in [0.3, 0.4) is 0 Å². The molecular weight excluding hydrogens is 184 g/mol. The summed E-state index contributed by atoms with van der Waals surface area (Å²) in [6.45, 7) is 7.25. The van der Waals surface area contributed by atoms with Crippen LogP contribution < -0.4 is 10.6 Å². The lowest BCUT2D eigenvalue weighted by Gasteiger charge is -2.28. The van der Waals surface area contributed by atoms with Crippen LogP contribution in [-0.4, -0.2) is 19.6 Å². The highest BCUT2D eigenvalue weighted by molar-refractivity contribution is 5.54. The molecular formula is C13H22N2. The van der Waals surface area contributed by atoms with E-state index in [1.54, 1.807) is 0 Å². The second kappa shape index (κ2) is 5.17. The Labute approximate surface area is 93.1 Å². The number of nitrogens with two attached hydrogens (primary N) is 1. The maximum atomic E-state index is 5.58. The van der Waals surface area contributed by atoms with Gasteiger partial charge >= 0.3 is 0 Å². The van der Waals surface area contributed by atoms with Crippen molar-refractivity contribution in [2.45, 2.75) is 33.2 Å². The van der Waals surface area contributed by atoms with E-state index in [2.05, 4.69) is 50.9 Å². The quantitative estimate of drug-likeness (QED) is 0.820. The van der Waals surface area contributed by atoms with E-state index in [0.29, 0.717) is 6.04 Å². The lowest BCUT2D eigenvalue weighted by molar-refractivity contribution is 0.634. The van der Waals surface area contributed by atoms with Crippen molar-refractivity contribution in [1.29, 1.82) is 0 Å². The Morgan fingerprint density at radius 2 is 2.00 bits per heavy atom. The van der Waals surface area contributed by atoms with Gasteiger partial charge < -0.3 is 10.6 Å². The van der Waals surface area contributed by atoms with Gasteiger partial charge in [0.2, 0.25) is 0 Å². The third-order valence-electron chi connectivity index (χ3n) is 2.98. The number of hydrogen-bond acceptors (Lipinski definition) is 2. The van der Waals surface area contributed by atoms with Gasteiger partial charge in [0.25, 0.3) is 0 Å². The zero-order chi connectivity index (χ0) is 11.4. The zero-order valence-electron chi connectivity index (χ0n) is 10.2. The molecule has 0 aliphatic carbocycles. The normalized spacial score (nSPS) is 12.6. The van der Waals surface area contributed by atoms with Crippen molar-refractivity contribution in [3.05, 3.63) is 29.3 Å². The average Bonchev–Trinajstić information content (AvgIpc) is 2.17. The van der Waals surface area contributed by atoms with E-state index in [9.17, 15) is 0 Å². The summed E-state index contributed by atoms with van der Waals surface area (Å²) in [6, 6.07) is 7.07. The van der Waals surface area contributed by atoms with Gasteiger partial charge in [-0.25, -0.2) is 0 Å². The third-order valence-corrected chi connectivity index (χ3v) is 2.98. The van der Waals surface area contributed by atoms with Gasteiger partial charge in [0, 0.05) is 18.8 Å². The first-order valence-electron chi connectivity index (χ1n) is 5.56. The van der Waals surface area contributed by atoms with Crippen LogP contribution in [0.25, 0.3) is 0 Å². The highest BCUT2D eigenvalue weighted by Crippen LogP contribution is 2.22. The van der Waals surface area contributed by atoms with Crippen LogP contribution >= 0.6 is 0 Å². The molecule has 0 heterocycles. The van der Waals surface area contributed by atoms with Crippen molar-refractivity contribution in [3.63, 3.8) is 0 Å². The fourth-order valence-corrected chi connectivity index (χ4v) is 1.87. The highest BCUT2D eigenvalue weighted by atomic mass is 15.1. The standard InChI is InChI=1S/C13H22N2/c1-10-5-6-13(11(2)9-10)15(4)12(3)7-8-14/h5-6,9,12H,7-8,14H2,1-4H3. The van der Waals surface area contributed by atoms with Gasteiger partial charge in [0.15, 0.2) is 0 Å². The molecule has 0 saturated heterocycles. The van der Waals surface area contributed by atoms with Crippen LogP contribution in [0.2, 0.25) is 0 Å². The first-order chi connectivity index (χ1) is 7.06. The van der Waals surface area contributed by atoms with Gasteiger partial charge in [-0.3, -0.25) is 0 Å². The smallest absolute Gasteiger partial charge is 0.0395 e. The number of hydrogen-bond donors (Lipinski definition) is 1. The predicted octanol–water partition coefficient (Wildman–Crippen LogP) is 2.48. The van der Waals surface area contributed by atoms with Crippen molar-refractivity contribution < 1.29 is 0 Å². The average molecular weight is 206 g/mol. The van der Waals surface area contributed by atoms with Gasteiger partial charge in [0.1, 0.15) is 0 Å². The van der Waals surface area contributed by atoms with E-state index < -0.39 is 0 Å². The number of nitrogens with zero attached hydrogens (tertiary/aromatic N) is 1. The molecule has 0 aliphatic heterocycles. The first-order valence-corrected chi connectivity index (χ1v) is 5.56. The molecule has 2 nitrogen and oxygen atoms in total. The molecule has 1 aromatic rings. The van der Waals surface area contributed by atoms with Crippen LogP contribution in [-0.2, 0) is 0 Å². The second-order valence-corrected chi connectivity index (χ2v) is 4.33. The first kappa shape index (κ1) is 12.1. The van der Waals surface area contributed by atoms with Crippen LogP contribution in [0, 0.1) is 13.8 Å². The Morgan fingerprint density at radius 1 is 1.33 bits per heavy atom. The molecule has 2 heteroatoms. The molecule has 0 saturated carbocycles. The molecule has 0 fully saturated rings. The van der Waals surface area contributed by atoms with Crippen molar-refractivity contribution >= 4 is 5.69 Å². The van der Waals surface area contributed by atoms with Gasteiger partial charge in [-0.05, 0) is 45.4 Å². The summed E-state index contributed by atoms with van der Waals surface area (Å²) in [5.74, 6) is 0. The fraction of sp³-hybridized carbons (Fsp3) is 0.538. The maximum absolute atomic E-state index is 5.58. The second-order valence-electron chi connectivity index (χ2n) is 4.33. The van der Waals surface area contributed by atoms with E-state index in [1.165, 1.54) is 16.8 Å². The molecule has 1 aromatic carbocycles. The van der Waals surface area contributed by atoms with Crippen LogP contribution in [0.5, 0.6) is 0 Å².